The van der Waals surface area contributed by atoms with Crippen LogP contribution >= 0.6 is 11.3 Å². The quantitative estimate of drug-likeness (QED) is 0.457. The van der Waals surface area contributed by atoms with Crippen LogP contribution in [0, 0.1) is 0 Å². The second-order valence-electron chi connectivity index (χ2n) is 5.58. The molecule has 0 amide bonds. The Morgan fingerprint density at radius 1 is 1.29 bits per heavy atom. The van der Waals surface area contributed by atoms with Gasteiger partial charge in [0.15, 0.2) is 11.7 Å². The minimum atomic E-state index is -4.44. The maximum Gasteiger partial charge on any atom is 0.434 e. The fourth-order valence-electron chi connectivity index (χ4n) is 2.19. The number of nitrogens with one attached hydrogen (secondary N) is 3. The Bertz CT molecular complexity index is 926. The molecule has 12 heteroatoms. The fourth-order valence-corrected chi connectivity index (χ4v) is 3.80. The molecular formula is C16H20F3N5O2S2. The number of alkyl halides is 3. The second kappa shape index (κ2) is 9.34. The van der Waals surface area contributed by atoms with Gasteiger partial charge in [0.2, 0.25) is 10.0 Å². The first-order chi connectivity index (χ1) is 13.2. The molecule has 0 fully saturated rings. The van der Waals surface area contributed by atoms with Gasteiger partial charge in [-0.2, -0.15) is 13.2 Å². The van der Waals surface area contributed by atoms with Crippen molar-refractivity contribution < 1.29 is 21.6 Å². The van der Waals surface area contributed by atoms with E-state index in [-0.39, 0.29) is 4.90 Å². The van der Waals surface area contributed by atoms with E-state index in [2.05, 4.69) is 25.3 Å². The van der Waals surface area contributed by atoms with Crippen molar-refractivity contribution in [2.24, 2.45) is 4.99 Å². The number of hydrogen-bond donors (Lipinski definition) is 3. The average molecular weight is 435 g/mol. The number of guanidine groups is 1. The summed E-state index contributed by atoms with van der Waals surface area (Å²) in [4.78, 5) is 7.76. The van der Waals surface area contributed by atoms with Crippen LogP contribution in [-0.4, -0.2) is 40.0 Å². The zero-order valence-electron chi connectivity index (χ0n) is 15.2. The summed E-state index contributed by atoms with van der Waals surface area (Å²) in [7, 11) is -0.630. The van der Waals surface area contributed by atoms with Crippen LogP contribution in [0.1, 0.15) is 16.3 Å². The largest absolute Gasteiger partial charge is 0.434 e. The minimum absolute atomic E-state index is 0.154. The Morgan fingerprint density at radius 3 is 2.64 bits per heavy atom. The molecule has 1 aromatic carbocycles. The van der Waals surface area contributed by atoms with Gasteiger partial charge in [-0.25, -0.2) is 18.1 Å². The maximum atomic E-state index is 12.6. The number of thiazole rings is 1. The van der Waals surface area contributed by atoms with Crippen molar-refractivity contribution in [3.63, 3.8) is 0 Å². The zero-order valence-corrected chi connectivity index (χ0v) is 16.8. The van der Waals surface area contributed by atoms with Gasteiger partial charge in [-0.3, -0.25) is 4.99 Å². The van der Waals surface area contributed by atoms with E-state index in [1.807, 2.05) is 0 Å². The van der Waals surface area contributed by atoms with Crippen LogP contribution in [0.25, 0.3) is 0 Å². The molecule has 0 aliphatic heterocycles. The maximum absolute atomic E-state index is 12.6. The van der Waals surface area contributed by atoms with Crippen LogP contribution < -0.4 is 15.4 Å². The zero-order chi connectivity index (χ0) is 20.8. The van der Waals surface area contributed by atoms with Crippen molar-refractivity contribution in [3.05, 3.63) is 45.9 Å². The Balaban J connectivity index is 1.87. The Hall–Kier alpha value is -2.18. The van der Waals surface area contributed by atoms with E-state index in [4.69, 9.17) is 0 Å². The summed E-state index contributed by atoms with van der Waals surface area (Å²) in [5.41, 5.74) is -0.152. The van der Waals surface area contributed by atoms with Gasteiger partial charge in [-0.05, 0) is 24.7 Å². The topological polar surface area (TPSA) is 95.5 Å². The molecule has 0 spiro atoms. The summed E-state index contributed by atoms with van der Waals surface area (Å²) < 4.78 is 63.6. The summed E-state index contributed by atoms with van der Waals surface area (Å²) in [6.07, 6.45) is -4.12. The third-order valence-corrected chi connectivity index (χ3v) is 5.96. The first-order valence-corrected chi connectivity index (χ1v) is 10.5. The molecule has 0 unspecified atom stereocenters. The van der Waals surface area contributed by atoms with Gasteiger partial charge >= 0.3 is 6.18 Å². The number of aliphatic imine (C=N–C) groups is 1. The lowest BCUT2D eigenvalue weighted by molar-refractivity contribution is -0.140. The molecule has 0 radical (unpaired) electrons. The molecule has 154 valence electrons. The lowest BCUT2D eigenvalue weighted by atomic mass is 10.2. The van der Waals surface area contributed by atoms with Gasteiger partial charge in [0.05, 0.1) is 9.90 Å². The van der Waals surface area contributed by atoms with Gasteiger partial charge in [0, 0.05) is 31.9 Å². The number of halogens is 3. The van der Waals surface area contributed by atoms with Gasteiger partial charge in [0.25, 0.3) is 0 Å². The second-order valence-corrected chi connectivity index (χ2v) is 8.41. The van der Waals surface area contributed by atoms with E-state index in [9.17, 15) is 21.6 Å². The monoisotopic (exact) mass is 435 g/mol. The molecule has 0 atom stereocenters. The molecule has 1 heterocycles. The summed E-state index contributed by atoms with van der Waals surface area (Å²) in [5.74, 6) is 0.439. The Labute approximate surface area is 165 Å². The van der Waals surface area contributed by atoms with Crippen molar-refractivity contribution in [3.8, 4) is 0 Å². The number of nitrogens with zero attached hydrogens (tertiary/aromatic N) is 2. The van der Waals surface area contributed by atoms with Crippen LogP contribution in [0.3, 0.4) is 0 Å². The van der Waals surface area contributed by atoms with E-state index in [1.165, 1.54) is 13.1 Å². The van der Waals surface area contributed by atoms with Crippen LogP contribution in [0.4, 0.5) is 13.2 Å². The molecule has 7 nitrogen and oxygen atoms in total. The van der Waals surface area contributed by atoms with E-state index in [0.717, 1.165) is 22.3 Å². The summed E-state index contributed by atoms with van der Waals surface area (Å²) in [6, 6.07) is 6.44. The van der Waals surface area contributed by atoms with Crippen LogP contribution in [-0.2, 0) is 29.2 Å². The third-order valence-electron chi connectivity index (χ3n) is 3.63. The highest BCUT2D eigenvalue weighted by atomic mass is 32.2. The van der Waals surface area contributed by atoms with Gasteiger partial charge in [-0.15, -0.1) is 11.3 Å². The average Bonchev–Trinajstić information content (AvgIpc) is 3.14. The number of hydrogen-bond acceptors (Lipinski definition) is 5. The Morgan fingerprint density at radius 2 is 2.04 bits per heavy atom. The third kappa shape index (κ3) is 6.17. The van der Waals surface area contributed by atoms with Gasteiger partial charge in [0.1, 0.15) is 0 Å². The van der Waals surface area contributed by atoms with Crippen molar-refractivity contribution in [2.45, 2.75) is 24.0 Å². The summed E-state index contributed by atoms with van der Waals surface area (Å²) in [6.45, 7) is 0.668. The molecular weight excluding hydrogens is 415 g/mol. The predicted octanol–water partition coefficient (Wildman–Crippen LogP) is 1.98. The van der Waals surface area contributed by atoms with E-state index < -0.39 is 21.9 Å². The SMILES string of the molecule is CN=C(NCCc1nc(C(F)(F)F)cs1)NCc1cccc(S(=O)(=O)NC)c1. The molecule has 0 saturated carbocycles. The van der Waals surface area contributed by atoms with Crippen molar-refractivity contribution in [1.29, 1.82) is 0 Å². The highest BCUT2D eigenvalue weighted by Crippen LogP contribution is 2.29. The van der Waals surface area contributed by atoms with Gasteiger partial charge in [-0.1, -0.05) is 12.1 Å². The van der Waals surface area contributed by atoms with E-state index in [0.29, 0.717) is 30.5 Å². The highest BCUT2D eigenvalue weighted by Gasteiger charge is 2.33. The lowest BCUT2D eigenvalue weighted by Gasteiger charge is -2.12. The smallest absolute Gasteiger partial charge is 0.356 e. The molecule has 0 aliphatic rings. The van der Waals surface area contributed by atoms with E-state index >= 15 is 0 Å². The number of aromatic nitrogens is 1. The molecule has 1 aromatic heterocycles. The number of sulfonamides is 1. The van der Waals surface area contributed by atoms with Gasteiger partial charge < -0.3 is 10.6 Å². The van der Waals surface area contributed by atoms with Crippen molar-refractivity contribution >= 4 is 27.3 Å². The number of rotatable bonds is 7. The van der Waals surface area contributed by atoms with Crippen molar-refractivity contribution in [1.82, 2.24) is 20.3 Å². The summed E-state index contributed by atoms with van der Waals surface area (Å²) in [5, 5.41) is 7.38. The first-order valence-electron chi connectivity index (χ1n) is 8.14. The van der Waals surface area contributed by atoms with Crippen LogP contribution in [0.15, 0.2) is 39.5 Å². The fraction of sp³-hybridized carbons (Fsp3) is 0.375. The summed E-state index contributed by atoms with van der Waals surface area (Å²) >= 11 is 0.958. The first kappa shape index (κ1) is 22.1. The number of benzene rings is 1. The molecule has 3 N–H and O–H groups in total. The lowest BCUT2D eigenvalue weighted by Crippen LogP contribution is -2.37. The standard InChI is InChI=1S/C16H20F3N5O2S2/c1-20-15(22-7-6-14-24-13(10-27-14)16(17,18)19)23-9-11-4-3-5-12(8-11)28(25,26)21-2/h3-5,8,10,21H,6-7,9H2,1-2H3,(H2,20,22,23). The minimum Gasteiger partial charge on any atom is -0.356 e. The molecule has 2 aromatic rings. The predicted molar refractivity (Wildman–Crippen MR) is 102 cm³/mol. The Kier molecular flexibility index (Phi) is 7.38. The molecule has 0 bridgehead atoms. The van der Waals surface area contributed by atoms with Crippen LogP contribution in [0.2, 0.25) is 0 Å². The van der Waals surface area contributed by atoms with Crippen LogP contribution in [0.5, 0.6) is 0 Å². The highest BCUT2D eigenvalue weighted by molar-refractivity contribution is 7.89. The van der Waals surface area contributed by atoms with E-state index in [1.54, 1.807) is 25.2 Å². The molecule has 0 aliphatic carbocycles. The molecule has 28 heavy (non-hydrogen) atoms. The molecule has 2 rings (SSSR count). The normalized spacial score (nSPS) is 12.8. The van der Waals surface area contributed by atoms with Crippen molar-refractivity contribution in [2.75, 3.05) is 20.6 Å². The molecule has 0 saturated heterocycles.